The predicted octanol–water partition coefficient (Wildman–Crippen LogP) is 6.21. The molecule has 1 atom stereocenters. The van der Waals surface area contributed by atoms with Crippen molar-refractivity contribution in [3.63, 3.8) is 0 Å². The van der Waals surface area contributed by atoms with Crippen molar-refractivity contribution in [1.82, 2.24) is 4.90 Å². The van der Waals surface area contributed by atoms with Gasteiger partial charge in [-0.3, -0.25) is 4.79 Å². The van der Waals surface area contributed by atoms with E-state index in [9.17, 15) is 4.79 Å². The van der Waals surface area contributed by atoms with Crippen LogP contribution in [0.1, 0.15) is 44.9 Å². The zero-order valence-electron chi connectivity index (χ0n) is 19.7. The summed E-state index contributed by atoms with van der Waals surface area (Å²) < 4.78 is 6.56. The summed E-state index contributed by atoms with van der Waals surface area (Å²) in [7, 11) is -1.98. The van der Waals surface area contributed by atoms with Crippen LogP contribution in [0.5, 0.6) is 0 Å². The summed E-state index contributed by atoms with van der Waals surface area (Å²) in [5.74, 6) is 5.65. The van der Waals surface area contributed by atoms with E-state index in [1.807, 2.05) is 72.5 Å². The molecule has 2 aromatic rings. The molecule has 164 valence electrons. The highest BCUT2D eigenvalue weighted by Crippen LogP contribution is 2.37. The van der Waals surface area contributed by atoms with E-state index in [1.54, 1.807) is 0 Å². The Kier molecular flexibility index (Phi) is 8.85. The lowest BCUT2D eigenvalue weighted by Crippen LogP contribution is -2.44. The van der Waals surface area contributed by atoms with Gasteiger partial charge in [-0.1, -0.05) is 87.4 Å². The fourth-order valence-corrected chi connectivity index (χ4v) is 3.84. The number of nitrogens with zero attached hydrogens (tertiary/aromatic N) is 1. The molecule has 0 N–H and O–H groups in total. The first kappa shape index (κ1) is 24.7. The monoisotopic (exact) mass is 433 g/mol. The Morgan fingerprint density at radius 2 is 1.65 bits per heavy atom. The first-order valence-electron chi connectivity index (χ1n) is 10.8. The molecule has 0 aliphatic heterocycles. The summed E-state index contributed by atoms with van der Waals surface area (Å²) >= 11 is 0. The Labute approximate surface area is 189 Å². The molecule has 2 aromatic carbocycles. The van der Waals surface area contributed by atoms with E-state index in [2.05, 4.69) is 57.8 Å². The topological polar surface area (TPSA) is 29.5 Å². The van der Waals surface area contributed by atoms with Crippen LogP contribution >= 0.6 is 0 Å². The molecule has 0 fully saturated rings. The fourth-order valence-electron chi connectivity index (χ4n) is 2.83. The molecule has 0 aliphatic rings. The van der Waals surface area contributed by atoms with Gasteiger partial charge in [0.15, 0.2) is 8.32 Å². The lowest BCUT2D eigenvalue weighted by Gasteiger charge is -2.39. The first-order chi connectivity index (χ1) is 14.7. The second kappa shape index (κ2) is 11.1. The molecule has 31 heavy (non-hydrogen) atoms. The molecule has 1 amide bonds. The maximum absolute atomic E-state index is 13.2. The van der Waals surface area contributed by atoms with Crippen LogP contribution in [0.15, 0.2) is 72.8 Å². The zero-order chi connectivity index (χ0) is 22.9. The van der Waals surface area contributed by atoms with E-state index in [1.165, 1.54) is 0 Å². The van der Waals surface area contributed by atoms with E-state index < -0.39 is 8.32 Å². The van der Waals surface area contributed by atoms with Crippen molar-refractivity contribution in [3.8, 4) is 11.8 Å². The minimum atomic E-state index is -1.98. The molecule has 0 aromatic heterocycles. The molecule has 2 rings (SSSR count). The maximum Gasteiger partial charge on any atom is 0.299 e. The van der Waals surface area contributed by atoms with Crippen LogP contribution in [0.3, 0.4) is 0 Å². The van der Waals surface area contributed by atoms with Crippen LogP contribution < -0.4 is 0 Å². The van der Waals surface area contributed by atoms with Gasteiger partial charge in [-0.25, -0.2) is 0 Å². The van der Waals surface area contributed by atoms with Crippen LogP contribution in [-0.4, -0.2) is 32.3 Å². The number of allylic oxidation sites excluding steroid dienone is 1. The number of rotatable bonds is 7. The van der Waals surface area contributed by atoms with E-state index in [4.69, 9.17) is 4.43 Å². The third-order valence-corrected chi connectivity index (χ3v) is 10.4. The second-order valence-corrected chi connectivity index (χ2v) is 13.9. The zero-order valence-corrected chi connectivity index (χ0v) is 20.7. The number of hydrogen-bond donors (Lipinski definition) is 0. The summed E-state index contributed by atoms with van der Waals surface area (Å²) in [4.78, 5) is 15.1. The fraction of sp³-hybridized carbons (Fsp3) is 0.370. The molecule has 0 saturated heterocycles. The molecule has 0 aliphatic carbocycles. The van der Waals surface area contributed by atoms with Gasteiger partial charge in [0.05, 0.1) is 12.6 Å². The lowest BCUT2D eigenvalue weighted by atomic mass is 10.1. The Morgan fingerprint density at radius 3 is 2.19 bits per heavy atom. The standard InChI is InChI=1S/C27H35NO2Si/c1-7-8-21-28(26(29)20-19-23-15-11-9-12-16-23)25(24-17-13-10-14-18-24)22-30-31(5,6)27(2,3)4/h7-18,25H,21-22H2,1-6H3/b8-7+/t25-/m1/s1. The number of amides is 1. The minimum absolute atomic E-state index is 0.0967. The van der Waals surface area contributed by atoms with Gasteiger partial charge in [-0.15, -0.1) is 0 Å². The van der Waals surface area contributed by atoms with Crippen molar-refractivity contribution in [3.05, 3.63) is 83.9 Å². The highest BCUT2D eigenvalue weighted by molar-refractivity contribution is 6.74. The highest BCUT2D eigenvalue weighted by atomic mass is 28.4. The quantitative estimate of drug-likeness (QED) is 0.295. The van der Waals surface area contributed by atoms with Crippen LogP contribution in [0, 0.1) is 11.8 Å². The van der Waals surface area contributed by atoms with Crippen LogP contribution in [0.2, 0.25) is 18.1 Å². The van der Waals surface area contributed by atoms with Gasteiger partial charge in [0.1, 0.15) is 0 Å². The second-order valence-electron chi connectivity index (χ2n) is 9.14. The molecule has 0 radical (unpaired) electrons. The third-order valence-electron chi connectivity index (χ3n) is 5.86. The molecular formula is C27H35NO2Si. The van der Waals surface area contributed by atoms with E-state index in [0.717, 1.165) is 11.1 Å². The lowest BCUT2D eigenvalue weighted by molar-refractivity contribution is -0.127. The van der Waals surface area contributed by atoms with Crippen molar-refractivity contribution in [2.75, 3.05) is 13.2 Å². The van der Waals surface area contributed by atoms with Gasteiger partial charge in [0.25, 0.3) is 5.91 Å². The minimum Gasteiger partial charge on any atom is -0.414 e. The Hall–Kier alpha value is -2.61. The molecule has 0 unspecified atom stereocenters. The average molecular weight is 434 g/mol. The summed E-state index contributed by atoms with van der Waals surface area (Å²) in [5, 5.41) is 0.0967. The molecule has 0 bridgehead atoms. The summed E-state index contributed by atoms with van der Waals surface area (Å²) in [5.41, 5.74) is 1.89. The molecule has 4 heteroatoms. The van der Waals surface area contributed by atoms with Crippen LogP contribution in [-0.2, 0) is 9.22 Å². The van der Waals surface area contributed by atoms with E-state index >= 15 is 0 Å². The Balaban J connectivity index is 2.37. The van der Waals surface area contributed by atoms with Gasteiger partial charge in [-0.05, 0) is 42.8 Å². The smallest absolute Gasteiger partial charge is 0.299 e. The van der Waals surface area contributed by atoms with Crippen molar-refractivity contribution >= 4 is 14.2 Å². The average Bonchev–Trinajstić information content (AvgIpc) is 2.75. The number of benzene rings is 2. The number of carbonyl (C=O) groups excluding carboxylic acids is 1. The van der Waals surface area contributed by atoms with Crippen molar-refractivity contribution in [2.24, 2.45) is 0 Å². The van der Waals surface area contributed by atoms with Gasteiger partial charge in [0.2, 0.25) is 0 Å². The Morgan fingerprint density at radius 1 is 1.06 bits per heavy atom. The molecular weight excluding hydrogens is 398 g/mol. The van der Waals surface area contributed by atoms with E-state index in [-0.39, 0.29) is 17.0 Å². The predicted molar refractivity (Wildman–Crippen MR) is 132 cm³/mol. The summed E-state index contributed by atoms with van der Waals surface area (Å²) in [6.07, 6.45) is 3.95. The van der Waals surface area contributed by atoms with Crippen LogP contribution in [0.4, 0.5) is 0 Å². The van der Waals surface area contributed by atoms with Gasteiger partial charge in [0, 0.05) is 18.0 Å². The van der Waals surface area contributed by atoms with Crippen LogP contribution in [0.25, 0.3) is 0 Å². The molecule has 3 nitrogen and oxygen atoms in total. The SMILES string of the molecule is C/C=C/CN(C(=O)C#Cc1ccccc1)[C@H](CO[Si](C)(C)C(C)(C)C)c1ccccc1. The molecule has 0 heterocycles. The van der Waals surface area contributed by atoms with Gasteiger partial charge < -0.3 is 9.33 Å². The van der Waals surface area contributed by atoms with Gasteiger partial charge >= 0.3 is 0 Å². The normalized spacial score (nSPS) is 12.8. The van der Waals surface area contributed by atoms with Crippen molar-refractivity contribution in [2.45, 2.75) is 51.9 Å². The number of carbonyl (C=O) groups is 1. The maximum atomic E-state index is 13.2. The van der Waals surface area contributed by atoms with Crippen molar-refractivity contribution in [1.29, 1.82) is 0 Å². The van der Waals surface area contributed by atoms with E-state index in [0.29, 0.717) is 13.2 Å². The largest absolute Gasteiger partial charge is 0.414 e. The van der Waals surface area contributed by atoms with Gasteiger partial charge in [-0.2, -0.15) is 0 Å². The third kappa shape index (κ3) is 7.24. The first-order valence-corrected chi connectivity index (χ1v) is 13.7. The molecule has 0 saturated carbocycles. The number of hydrogen-bond acceptors (Lipinski definition) is 2. The molecule has 0 spiro atoms. The Bertz CT molecular complexity index is 918. The summed E-state index contributed by atoms with van der Waals surface area (Å²) in [6, 6.07) is 19.5. The summed E-state index contributed by atoms with van der Waals surface area (Å²) in [6.45, 7) is 14.1. The highest BCUT2D eigenvalue weighted by Gasteiger charge is 2.38. The van der Waals surface area contributed by atoms with Crippen molar-refractivity contribution < 1.29 is 9.22 Å².